The van der Waals surface area contributed by atoms with Crippen LogP contribution in [0, 0.1) is 0 Å². The van der Waals surface area contributed by atoms with Crippen LogP contribution in [0.4, 0.5) is 0 Å². The van der Waals surface area contributed by atoms with E-state index in [1.165, 1.54) is 51.4 Å². The maximum atomic E-state index is 12.8. The summed E-state index contributed by atoms with van der Waals surface area (Å²) in [7, 11) is 0. The molecule has 75 heavy (non-hydrogen) atoms. The molecule has 0 aromatic heterocycles. The highest BCUT2D eigenvalue weighted by molar-refractivity contribution is 5.71. The number of unbranched alkanes of at least 4 members (excludes halogenated alkanes) is 18. The fraction of sp³-hybridized carbons (Fsp3) is 0.609. The molecule has 422 valence electrons. The van der Waals surface area contributed by atoms with Crippen LogP contribution in [-0.2, 0) is 28.6 Å². The first-order valence-electron chi connectivity index (χ1n) is 30.3. The van der Waals surface area contributed by atoms with Crippen LogP contribution in [0.5, 0.6) is 0 Å². The summed E-state index contributed by atoms with van der Waals surface area (Å²) in [6, 6.07) is 0. The Labute approximate surface area is 461 Å². The van der Waals surface area contributed by atoms with Crippen LogP contribution in [0.1, 0.15) is 252 Å². The van der Waals surface area contributed by atoms with E-state index < -0.39 is 6.10 Å². The molecule has 0 bridgehead atoms. The van der Waals surface area contributed by atoms with Gasteiger partial charge in [0.15, 0.2) is 6.10 Å². The lowest BCUT2D eigenvalue weighted by atomic mass is 10.1. The number of hydrogen-bond donors (Lipinski definition) is 0. The minimum Gasteiger partial charge on any atom is -0.462 e. The average molecular weight is 1040 g/mol. The van der Waals surface area contributed by atoms with Crippen molar-refractivity contribution < 1.29 is 28.6 Å². The predicted octanol–water partition coefficient (Wildman–Crippen LogP) is 20.8. The van der Waals surface area contributed by atoms with E-state index in [9.17, 15) is 14.4 Å². The zero-order valence-corrected chi connectivity index (χ0v) is 48.3. The van der Waals surface area contributed by atoms with Crippen molar-refractivity contribution >= 4 is 17.9 Å². The summed E-state index contributed by atoms with van der Waals surface area (Å²) in [4.78, 5) is 38.0. The summed E-state index contributed by atoms with van der Waals surface area (Å²) in [6.07, 6.45) is 88.6. The number of hydrogen-bond acceptors (Lipinski definition) is 6. The van der Waals surface area contributed by atoms with Crippen LogP contribution < -0.4 is 0 Å². The Kier molecular flexibility index (Phi) is 58.0. The minimum atomic E-state index is -0.800. The molecule has 0 aromatic carbocycles. The van der Waals surface area contributed by atoms with Crippen molar-refractivity contribution in [3.05, 3.63) is 146 Å². The molecular formula is C69H110O6. The summed E-state index contributed by atoms with van der Waals surface area (Å²) in [5.41, 5.74) is 0. The molecule has 0 N–H and O–H groups in total. The Bertz CT molecular complexity index is 1660. The van der Waals surface area contributed by atoms with Gasteiger partial charge in [0.2, 0.25) is 0 Å². The van der Waals surface area contributed by atoms with Crippen LogP contribution in [-0.4, -0.2) is 37.2 Å². The van der Waals surface area contributed by atoms with Crippen molar-refractivity contribution in [2.75, 3.05) is 13.2 Å². The number of ether oxygens (including phenoxy) is 3. The molecule has 0 rings (SSSR count). The molecule has 0 aliphatic rings. The lowest BCUT2D eigenvalue weighted by Gasteiger charge is -2.18. The van der Waals surface area contributed by atoms with Gasteiger partial charge in [-0.05, 0) is 135 Å². The first-order chi connectivity index (χ1) is 37.0. The highest BCUT2D eigenvalue weighted by Crippen LogP contribution is 2.13. The number of allylic oxidation sites excluding steroid dienone is 24. The van der Waals surface area contributed by atoms with Gasteiger partial charge in [0.25, 0.3) is 0 Å². The standard InChI is InChI=1S/C69H110O6/c1-4-7-10-13-16-19-22-23-24-25-26-27-28-29-30-31-32-33-34-35-36-37-38-39-40-41-42-43-44-45-48-50-53-56-59-62-68(71)74-65-66(75-69(72)63-60-57-54-51-47-21-18-15-12-9-6-3)64-73-67(70)61-58-55-52-49-46-20-17-14-11-8-5-2/h7,10,14-19,23-24,26-27,29-30,32-33,35-36,38-39,41-42,44-45,66H,4-6,8-9,11-13,20-22,25,28,31,34,37,40,43,46-65H2,1-3H3/b10-7-,17-14-,18-15-,19-16-,24-23-,27-26-,30-29-,33-32-,36-35-,39-38-,42-41-,45-44-. The maximum Gasteiger partial charge on any atom is 0.306 e. The van der Waals surface area contributed by atoms with Crippen LogP contribution in [0.3, 0.4) is 0 Å². The highest BCUT2D eigenvalue weighted by atomic mass is 16.6. The van der Waals surface area contributed by atoms with Crippen molar-refractivity contribution in [3.8, 4) is 0 Å². The molecule has 0 amide bonds. The smallest absolute Gasteiger partial charge is 0.306 e. The van der Waals surface area contributed by atoms with Gasteiger partial charge in [0.05, 0.1) is 0 Å². The van der Waals surface area contributed by atoms with Crippen molar-refractivity contribution in [2.24, 2.45) is 0 Å². The van der Waals surface area contributed by atoms with E-state index in [4.69, 9.17) is 14.2 Å². The number of carbonyl (C=O) groups excluding carboxylic acids is 3. The fourth-order valence-corrected chi connectivity index (χ4v) is 7.72. The van der Waals surface area contributed by atoms with E-state index >= 15 is 0 Å². The van der Waals surface area contributed by atoms with Crippen molar-refractivity contribution in [2.45, 2.75) is 258 Å². The maximum absolute atomic E-state index is 12.8. The molecule has 0 aliphatic carbocycles. The lowest BCUT2D eigenvalue weighted by Crippen LogP contribution is -2.30. The van der Waals surface area contributed by atoms with Gasteiger partial charge in [-0.1, -0.05) is 244 Å². The van der Waals surface area contributed by atoms with Crippen LogP contribution in [0.15, 0.2) is 146 Å². The molecular weight excluding hydrogens is 925 g/mol. The van der Waals surface area contributed by atoms with E-state index in [-0.39, 0.29) is 31.1 Å². The molecule has 0 saturated heterocycles. The summed E-state index contributed by atoms with van der Waals surface area (Å²) < 4.78 is 16.8. The third kappa shape index (κ3) is 60.0. The Morgan fingerprint density at radius 2 is 0.520 bits per heavy atom. The minimum absolute atomic E-state index is 0.0977. The zero-order valence-electron chi connectivity index (χ0n) is 48.3. The van der Waals surface area contributed by atoms with Gasteiger partial charge in [-0.2, -0.15) is 0 Å². The summed E-state index contributed by atoms with van der Waals surface area (Å²) in [5.74, 6) is -0.950. The number of carbonyl (C=O) groups is 3. The first kappa shape index (κ1) is 70.3. The van der Waals surface area contributed by atoms with Gasteiger partial charge < -0.3 is 14.2 Å². The first-order valence-corrected chi connectivity index (χ1v) is 30.3. The number of esters is 3. The van der Waals surface area contributed by atoms with Gasteiger partial charge in [0.1, 0.15) is 13.2 Å². The number of rotatable bonds is 53. The monoisotopic (exact) mass is 1030 g/mol. The van der Waals surface area contributed by atoms with Gasteiger partial charge in [-0.15, -0.1) is 0 Å². The quantitative estimate of drug-likeness (QED) is 0.0261. The van der Waals surface area contributed by atoms with E-state index in [1.54, 1.807) is 0 Å². The Morgan fingerprint density at radius 3 is 0.827 bits per heavy atom. The van der Waals surface area contributed by atoms with Crippen molar-refractivity contribution in [1.82, 2.24) is 0 Å². The molecule has 0 saturated carbocycles. The SMILES string of the molecule is CC/C=C\C/C=C\C/C=C\C/C=C\C/C=C\C/C=C\C/C=C\C/C=C\C/C=C\C/C=C\CCCCCCC(=O)OCC(COC(=O)CCCCCCC/C=C\CCCC)OC(=O)CCCCCCC/C=C\CCCC. The molecule has 0 heterocycles. The zero-order chi connectivity index (χ0) is 54.3. The van der Waals surface area contributed by atoms with Crippen molar-refractivity contribution in [1.29, 1.82) is 0 Å². The van der Waals surface area contributed by atoms with Gasteiger partial charge in [0, 0.05) is 19.3 Å². The van der Waals surface area contributed by atoms with Crippen molar-refractivity contribution in [3.63, 3.8) is 0 Å². The van der Waals surface area contributed by atoms with E-state index in [0.717, 1.165) is 161 Å². The topological polar surface area (TPSA) is 78.9 Å². The van der Waals surface area contributed by atoms with E-state index in [2.05, 4.69) is 167 Å². The summed E-state index contributed by atoms with van der Waals surface area (Å²) in [6.45, 7) is 6.40. The molecule has 0 radical (unpaired) electrons. The predicted molar refractivity (Wildman–Crippen MR) is 325 cm³/mol. The van der Waals surface area contributed by atoms with Crippen LogP contribution >= 0.6 is 0 Å². The summed E-state index contributed by atoms with van der Waals surface area (Å²) >= 11 is 0. The van der Waals surface area contributed by atoms with Crippen LogP contribution in [0.2, 0.25) is 0 Å². The largest absolute Gasteiger partial charge is 0.462 e. The third-order valence-electron chi connectivity index (χ3n) is 12.3. The molecule has 0 aliphatic heterocycles. The molecule has 6 nitrogen and oxygen atoms in total. The average Bonchev–Trinajstić information content (AvgIpc) is 3.41. The van der Waals surface area contributed by atoms with E-state index in [0.29, 0.717) is 19.3 Å². The lowest BCUT2D eigenvalue weighted by molar-refractivity contribution is -0.167. The second-order valence-corrected chi connectivity index (χ2v) is 19.5. The normalized spacial score (nSPS) is 13.2. The van der Waals surface area contributed by atoms with Gasteiger partial charge in [-0.25, -0.2) is 0 Å². The Balaban J connectivity index is 4.24. The molecule has 1 atom stereocenters. The third-order valence-corrected chi connectivity index (χ3v) is 12.3. The Morgan fingerprint density at radius 1 is 0.280 bits per heavy atom. The molecule has 0 spiro atoms. The van der Waals surface area contributed by atoms with Gasteiger partial charge >= 0.3 is 17.9 Å². The van der Waals surface area contributed by atoms with Crippen LogP contribution in [0.25, 0.3) is 0 Å². The Hall–Kier alpha value is -4.71. The molecule has 6 heteroatoms. The molecule has 0 aromatic rings. The van der Waals surface area contributed by atoms with E-state index in [1.807, 2.05) is 0 Å². The molecule has 0 fully saturated rings. The fourth-order valence-electron chi connectivity index (χ4n) is 7.72. The highest BCUT2D eigenvalue weighted by Gasteiger charge is 2.19. The van der Waals surface area contributed by atoms with Gasteiger partial charge in [-0.3, -0.25) is 14.4 Å². The summed E-state index contributed by atoms with van der Waals surface area (Å²) in [5, 5.41) is 0. The molecule has 1 unspecified atom stereocenters. The second-order valence-electron chi connectivity index (χ2n) is 19.5. The second kappa shape index (κ2) is 61.8.